The molecule has 0 saturated heterocycles. The van der Waals surface area contributed by atoms with Crippen LogP contribution in [0.3, 0.4) is 0 Å². The number of hydrogen-bond acceptors (Lipinski definition) is 11. The van der Waals surface area contributed by atoms with Gasteiger partial charge < -0.3 is 16.4 Å². The molecule has 0 fully saturated rings. The van der Waals surface area contributed by atoms with Crippen molar-refractivity contribution in [2.45, 2.75) is 0 Å². The SMILES string of the molecule is O.O.O.O=BOB=O.O=BOB=O.O=BOB=O.[O]=[Zn].[O]=[Zn]. The van der Waals surface area contributed by atoms with Crippen molar-refractivity contribution in [1.29, 1.82) is 0 Å². The molecule has 0 amide bonds. The second kappa shape index (κ2) is 110. The third-order valence-electron chi connectivity index (χ3n) is 0.333. The van der Waals surface area contributed by atoms with Gasteiger partial charge in [0, 0.05) is 0 Å². The summed E-state index contributed by atoms with van der Waals surface area (Å²) in [5, 5.41) is 0. The van der Waals surface area contributed by atoms with Gasteiger partial charge in [0.1, 0.15) is 0 Å². The van der Waals surface area contributed by atoms with Crippen molar-refractivity contribution in [2.24, 2.45) is 0 Å². The third kappa shape index (κ3) is 229. The van der Waals surface area contributed by atoms with Crippen molar-refractivity contribution in [3.63, 3.8) is 0 Å². The van der Waals surface area contributed by atoms with E-state index in [1.54, 1.807) is 0 Å². The topological polar surface area (TPSA) is 259 Å². The molecule has 0 aromatic carbocycles. The van der Waals surface area contributed by atoms with Crippen molar-refractivity contribution in [3.8, 4) is 0 Å². The van der Waals surface area contributed by atoms with Gasteiger partial charge in [0.05, 0.1) is 0 Å². The van der Waals surface area contributed by atoms with Crippen LogP contribution in [0.4, 0.5) is 0 Å². The molecule has 112 valence electrons. The van der Waals surface area contributed by atoms with E-state index in [1.807, 2.05) is 0 Å². The molecular formula is H6B6O14Zn2. The van der Waals surface area contributed by atoms with Crippen LogP contribution in [-0.4, -0.2) is 60.5 Å². The second-order valence-corrected chi connectivity index (χ2v) is 0.986. The molecule has 0 aliphatic carbocycles. The maximum absolute atomic E-state index is 8.95. The second-order valence-electron chi connectivity index (χ2n) is 0.986. The fourth-order valence-electron chi connectivity index (χ4n) is 0.0680. The van der Waals surface area contributed by atoms with E-state index in [-0.39, 0.29) is 97.1 Å². The standard InChI is InChI=1S/3B2O3.3H2O.2O.2Zn/c3*3-1-5-2-4;;;;;;;/h;;;3*1H2;;;;. The molecule has 6 N–H and O–H groups in total. The average molecular weight is 426 g/mol. The normalized spacial score (nSPS) is 3.27. The molecule has 0 radical (unpaired) electrons. The fourth-order valence-corrected chi connectivity index (χ4v) is 0.0680. The quantitative estimate of drug-likeness (QED) is 0.361. The van der Waals surface area contributed by atoms with Crippen LogP contribution in [0.5, 0.6) is 0 Å². The number of hydrogen-bond donors (Lipinski definition) is 0. The van der Waals surface area contributed by atoms with Gasteiger partial charge in [0.25, 0.3) is 0 Å². The molecule has 0 saturated carbocycles. The Morgan fingerprint density at radius 2 is 0.500 bits per heavy atom. The summed E-state index contributed by atoms with van der Waals surface area (Å²) in [7, 11) is 0.375. The van der Waals surface area contributed by atoms with Crippen LogP contribution in [0.2, 0.25) is 0 Å². The van der Waals surface area contributed by atoms with Crippen LogP contribution in [0.25, 0.3) is 0 Å². The van der Waals surface area contributed by atoms with E-state index in [4.69, 9.17) is 35.4 Å². The van der Waals surface area contributed by atoms with E-state index < -0.39 is 0 Å². The zero-order chi connectivity index (χ0) is 16.4. The van der Waals surface area contributed by atoms with Crippen LogP contribution < -0.4 is 0 Å². The molecule has 0 bridgehead atoms. The van der Waals surface area contributed by atoms with E-state index in [1.165, 1.54) is 0 Å². The fraction of sp³-hybridized carbons (Fsp3) is 0. The van der Waals surface area contributed by atoms with E-state index in [9.17, 15) is 0 Å². The Hall–Kier alpha value is -0.684. The summed E-state index contributed by atoms with van der Waals surface area (Å²) in [6.45, 7) is 0. The van der Waals surface area contributed by atoms with Gasteiger partial charge in [-0.05, 0) is 0 Å². The Balaban J connectivity index is -0.0000000188. The zero-order valence-corrected chi connectivity index (χ0v) is 16.8. The van der Waals surface area contributed by atoms with Gasteiger partial charge in [-0.15, -0.1) is 0 Å². The van der Waals surface area contributed by atoms with E-state index in [0.717, 1.165) is 0 Å². The first-order valence-electron chi connectivity index (χ1n) is 3.41. The molecule has 0 aromatic heterocycles. The average Bonchev–Trinajstić information content (AvgIpc) is 2.47. The van der Waals surface area contributed by atoms with Crippen LogP contribution in [0.15, 0.2) is 0 Å². The molecule has 0 unspecified atom stereocenters. The van der Waals surface area contributed by atoms with Gasteiger partial charge in [0.15, 0.2) is 0 Å². The third-order valence-corrected chi connectivity index (χ3v) is 0.333. The minimum atomic E-state index is 0. The molecule has 0 aliphatic rings. The van der Waals surface area contributed by atoms with E-state index in [2.05, 4.69) is 13.7 Å². The van der Waals surface area contributed by atoms with Gasteiger partial charge in [-0.1, -0.05) is 0 Å². The summed E-state index contributed by atoms with van der Waals surface area (Å²) in [4.78, 5) is 0. The molecule has 22 heteroatoms. The molecule has 0 aromatic rings. The molecule has 0 rings (SSSR count). The van der Waals surface area contributed by atoms with Crippen molar-refractivity contribution in [1.82, 2.24) is 0 Å². The van der Waals surface area contributed by atoms with Gasteiger partial charge in [-0.25, -0.2) is 0 Å². The summed E-state index contributed by atoms with van der Waals surface area (Å²) < 4.78 is 80.9. The van der Waals surface area contributed by atoms with Gasteiger partial charge >= 0.3 is 130 Å². The van der Waals surface area contributed by atoms with Crippen LogP contribution >= 0.6 is 0 Å². The van der Waals surface area contributed by atoms with Crippen molar-refractivity contribution < 1.29 is 102 Å². The van der Waals surface area contributed by atoms with Crippen LogP contribution in [-0.2, 0) is 85.6 Å². The predicted octanol–water partition coefficient (Wildman–Crippen LogP) is -5.92. The molecule has 14 nitrogen and oxygen atoms in total. The number of rotatable bonds is 6. The molecule has 22 heavy (non-hydrogen) atoms. The summed E-state index contributed by atoms with van der Waals surface area (Å²) >= 11 is 0.250. The monoisotopic (exact) mass is 424 g/mol. The predicted molar refractivity (Wildman–Crippen MR) is 54.1 cm³/mol. The van der Waals surface area contributed by atoms with Gasteiger partial charge in [-0.2, -0.15) is 0 Å². The molecular weight excluding hydrogens is 420 g/mol. The summed E-state index contributed by atoms with van der Waals surface area (Å²) in [5.41, 5.74) is 0. The Bertz CT molecular complexity index is 170. The van der Waals surface area contributed by atoms with Gasteiger partial charge in [-0.3, -0.25) is 0 Å². The Labute approximate surface area is 146 Å². The van der Waals surface area contributed by atoms with E-state index >= 15 is 0 Å². The minimum absolute atomic E-state index is 0. The first kappa shape index (κ1) is 49.6. The molecule has 0 aliphatic heterocycles. The van der Waals surface area contributed by atoms with Crippen molar-refractivity contribution in [3.05, 3.63) is 0 Å². The maximum atomic E-state index is 8.95. The molecule has 0 spiro atoms. The molecule has 0 atom stereocenters. The van der Waals surface area contributed by atoms with E-state index in [0.29, 0.717) is 0 Å². The first-order valence-corrected chi connectivity index (χ1v) is 5.83. The summed E-state index contributed by atoms with van der Waals surface area (Å²) in [5.74, 6) is 0. The summed E-state index contributed by atoms with van der Waals surface area (Å²) in [6.07, 6.45) is 0. The van der Waals surface area contributed by atoms with Gasteiger partial charge in [0.2, 0.25) is 0 Å². The van der Waals surface area contributed by atoms with Crippen molar-refractivity contribution in [2.75, 3.05) is 0 Å². The van der Waals surface area contributed by atoms with Crippen LogP contribution in [0.1, 0.15) is 0 Å². The van der Waals surface area contributed by atoms with Crippen molar-refractivity contribution >= 4 is 44.1 Å². The van der Waals surface area contributed by atoms with Crippen LogP contribution in [0, 0.1) is 0 Å². The Morgan fingerprint density at radius 3 is 0.500 bits per heavy atom. The zero-order valence-electron chi connectivity index (χ0n) is 10.9. The Kier molecular flexibility index (Phi) is 247. The first-order chi connectivity index (χ1) is 9.24. The Morgan fingerprint density at radius 1 is 0.409 bits per heavy atom. The summed E-state index contributed by atoms with van der Waals surface area (Å²) in [6, 6.07) is 0. The molecule has 0 heterocycles.